The van der Waals surface area contributed by atoms with Crippen LogP contribution in [-0.4, -0.2) is 20.9 Å². The van der Waals surface area contributed by atoms with Gasteiger partial charge in [-0.3, -0.25) is 0 Å². The number of carbonyl (C=O) groups is 1. The van der Waals surface area contributed by atoms with Crippen molar-refractivity contribution in [2.24, 2.45) is 0 Å². The van der Waals surface area contributed by atoms with E-state index in [2.05, 4.69) is 15.0 Å². The van der Waals surface area contributed by atoms with Crippen molar-refractivity contribution in [2.75, 3.05) is 0 Å². The van der Waals surface area contributed by atoms with Gasteiger partial charge in [0, 0.05) is 33.6 Å². The summed E-state index contributed by atoms with van der Waals surface area (Å²) in [6, 6.07) is 12.6. The summed E-state index contributed by atoms with van der Waals surface area (Å²) < 4.78 is 5.52. The van der Waals surface area contributed by atoms with Gasteiger partial charge in [0.25, 0.3) is 0 Å². The van der Waals surface area contributed by atoms with Crippen molar-refractivity contribution in [2.45, 2.75) is 0 Å². The molecule has 25 heavy (non-hydrogen) atoms. The van der Waals surface area contributed by atoms with E-state index in [1.807, 2.05) is 24.3 Å². The molecule has 0 aliphatic carbocycles. The number of hydrogen-bond donors (Lipinski definition) is 0. The highest BCUT2D eigenvalue weighted by molar-refractivity contribution is 7.13. The number of esters is 1. The van der Waals surface area contributed by atoms with E-state index in [1.54, 1.807) is 36.0 Å². The molecule has 122 valence electrons. The maximum atomic E-state index is 12.4. The van der Waals surface area contributed by atoms with E-state index in [9.17, 15) is 4.79 Å². The predicted octanol–water partition coefficient (Wildman–Crippen LogP) is 4.63. The topological polar surface area (TPSA) is 65.0 Å². The van der Waals surface area contributed by atoms with Gasteiger partial charge < -0.3 is 4.74 Å². The molecule has 0 spiro atoms. The van der Waals surface area contributed by atoms with Crippen molar-refractivity contribution in [1.82, 2.24) is 15.0 Å². The third-order valence-electron chi connectivity index (χ3n) is 3.50. The van der Waals surface area contributed by atoms with Crippen LogP contribution in [0, 0.1) is 0 Å². The largest absolute Gasteiger partial charge is 0.421 e. The third kappa shape index (κ3) is 3.09. The molecule has 0 aliphatic heterocycles. The van der Waals surface area contributed by atoms with E-state index in [0.717, 1.165) is 10.8 Å². The highest BCUT2D eigenvalue weighted by atomic mass is 35.5. The van der Waals surface area contributed by atoms with E-state index in [0.29, 0.717) is 21.6 Å². The first-order valence-electron chi connectivity index (χ1n) is 7.35. The highest BCUT2D eigenvalue weighted by Crippen LogP contribution is 2.32. The second kappa shape index (κ2) is 6.58. The second-order valence-electron chi connectivity index (χ2n) is 5.09. The highest BCUT2D eigenvalue weighted by Gasteiger charge is 2.17. The van der Waals surface area contributed by atoms with Crippen LogP contribution in [0.25, 0.3) is 21.6 Å². The summed E-state index contributed by atoms with van der Waals surface area (Å²) in [4.78, 5) is 25.0. The Balaban J connectivity index is 1.63. The molecule has 0 N–H and O–H groups in total. The van der Waals surface area contributed by atoms with Gasteiger partial charge >= 0.3 is 5.97 Å². The van der Waals surface area contributed by atoms with Crippen molar-refractivity contribution in [3.63, 3.8) is 0 Å². The number of carbonyl (C=O) groups excluding carboxylic acids is 1. The number of fused-ring (bicyclic) bond motifs is 1. The number of rotatable bonds is 3. The first-order valence-corrected chi connectivity index (χ1v) is 8.60. The summed E-state index contributed by atoms with van der Waals surface area (Å²) in [6.07, 6.45) is 3.25. The first-order chi connectivity index (χ1) is 12.2. The second-order valence-corrected chi connectivity index (χ2v) is 6.36. The molecule has 0 saturated heterocycles. The molecule has 0 amide bonds. The quantitative estimate of drug-likeness (QED) is 0.390. The lowest BCUT2D eigenvalue weighted by atomic mass is 10.1. The fraction of sp³-hybridized carbons (Fsp3) is 0. The molecule has 0 radical (unpaired) electrons. The van der Waals surface area contributed by atoms with Gasteiger partial charge in [0.2, 0.25) is 0 Å². The van der Waals surface area contributed by atoms with E-state index in [-0.39, 0.29) is 5.69 Å². The fourth-order valence-electron chi connectivity index (χ4n) is 2.36. The summed E-state index contributed by atoms with van der Waals surface area (Å²) in [5, 5.41) is 4.39. The van der Waals surface area contributed by atoms with Crippen LogP contribution < -0.4 is 4.74 Å². The molecule has 0 saturated carbocycles. The monoisotopic (exact) mass is 367 g/mol. The molecular formula is C18H10ClN3O2S. The molecule has 2 aromatic carbocycles. The number of benzene rings is 2. The summed E-state index contributed by atoms with van der Waals surface area (Å²) in [5.74, 6) is 0.380. The molecule has 0 aliphatic rings. The van der Waals surface area contributed by atoms with Crippen LogP contribution in [0.5, 0.6) is 5.75 Å². The Labute approximate surface area is 151 Å². The number of ether oxygens (including phenoxy) is 1. The minimum absolute atomic E-state index is 0.214. The first kappa shape index (κ1) is 15.7. The molecule has 2 heterocycles. The summed E-state index contributed by atoms with van der Waals surface area (Å²) in [7, 11) is 0. The average molecular weight is 368 g/mol. The van der Waals surface area contributed by atoms with Gasteiger partial charge in [-0.2, -0.15) is 0 Å². The molecule has 0 fully saturated rings. The van der Waals surface area contributed by atoms with Crippen LogP contribution in [0.1, 0.15) is 10.5 Å². The normalized spacial score (nSPS) is 10.8. The van der Waals surface area contributed by atoms with Crippen LogP contribution in [0.3, 0.4) is 0 Å². The number of aromatic nitrogens is 3. The Morgan fingerprint density at radius 2 is 1.76 bits per heavy atom. The lowest BCUT2D eigenvalue weighted by molar-refractivity contribution is 0.0732. The Kier molecular flexibility index (Phi) is 4.13. The van der Waals surface area contributed by atoms with Gasteiger partial charge in [-0.1, -0.05) is 35.9 Å². The fourth-order valence-corrected chi connectivity index (χ4v) is 3.32. The van der Waals surface area contributed by atoms with Crippen molar-refractivity contribution in [3.8, 4) is 16.6 Å². The molecule has 4 rings (SSSR count). The van der Waals surface area contributed by atoms with Gasteiger partial charge in [0.05, 0.1) is 0 Å². The molecule has 0 atom stereocenters. The van der Waals surface area contributed by atoms with E-state index < -0.39 is 5.97 Å². The van der Waals surface area contributed by atoms with Crippen molar-refractivity contribution in [3.05, 3.63) is 71.0 Å². The van der Waals surface area contributed by atoms with E-state index >= 15 is 0 Å². The molecular weight excluding hydrogens is 358 g/mol. The summed E-state index contributed by atoms with van der Waals surface area (Å²) >= 11 is 7.48. The minimum atomic E-state index is -0.536. The smallest absolute Gasteiger partial charge is 0.363 e. The van der Waals surface area contributed by atoms with Crippen LogP contribution in [-0.2, 0) is 0 Å². The molecule has 0 bridgehead atoms. The maximum Gasteiger partial charge on any atom is 0.363 e. The van der Waals surface area contributed by atoms with Gasteiger partial charge in [-0.15, -0.1) is 11.3 Å². The van der Waals surface area contributed by atoms with Gasteiger partial charge in [-0.05, 0) is 18.2 Å². The average Bonchev–Trinajstić information content (AvgIpc) is 3.15. The SMILES string of the molecule is O=C(Oc1ccc(Cl)c2ccccc12)c1csc(-c2ncccn2)n1. The maximum absolute atomic E-state index is 12.4. The van der Waals surface area contributed by atoms with Gasteiger partial charge in [0.15, 0.2) is 16.5 Å². The lowest BCUT2D eigenvalue weighted by Crippen LogP contribution is -2.09. The molecule has 4 aromatic rings. The predicted molar refractivity (Wildman–Crippen MR) is 97.1 cm³/mol. The van der Waals surface area contributed by atoms with Gasteiger partial charge in [0.1, 0.15) is 5.75 Å². The number of hydrogen-bond acceptors (Lipinski definition) is 6. The Hall–Kier alpha value is -2.83. The molecule has 5 nitrogen and oxygen atoms in total. The zero-order valence-electron chi connectivity index (χ0n) is 12.7. The van der Waals surface area contributed by atoms with Gasteiger partial charge in [-0.25, -0.2) is 19.7 Å². The van der Waals surface area contributed by atoms with Crippen LogP contribution in [0.15, 0.2) is 60.2 Å². The lowest BCUT2D eigenvalue weighted by Gasteiger charge is -2.07. The summed E-state index contributed by atoms with van der Waals surface area (Å²) in [6.45, 7) is 0. The zero-order valence-corrected chi connectivity index (χ0v) is 14.3. The molecule has 2 aromatic heterocycles. The Morgan fingerprint density at radius 3 is 2.56 bits per heavy atom. The zero-order chi connectivity index (χ0) is 17.2. The number of halogens is 1. The van der Waals surface area contributed by atoms with E-state index in [1.165, 1.54) is 11.3 Å². The number of thiazole rings is 1. The standard InChI is InChI=1S/C18H10ClN3O2S/c19-13-6-7-15(12-5-2-1-4-11(12)13)24-18(23)14-10-25-17(22-14)16-20-8-3-9-21-16/h1-10H. The third-order valence-corrected chi connectivity index (χ3v) is 4.67. The molecule has 7 heteroatoms. The molecule has 0 unspecified atom stereocenters. The Bertz CT molecular complexity index is 1070. The van der Waals surface area contributed by atoms with Crippen LogP contribution in [0.2, 0.25) is 5.02 Å². The van der Waals surface area contributed by atoms with Crippen molar-refractivity contribution in [1.29, 1.82) is 0 Å². The van der Waals surface area contributed by atoms with E-state index in [4.69, 9.17) is 16.3 Å². The summed E-state index contributed by atoms with van der Waals surface area (Å²) in [5.41, 5.74) is 0.214. The number of nitrogens with zero attached hydrogens (tertiary/aromatic N) is 3. The Morgan fingerprint density at radius 1 is 1.00 bits per heavy atom. The van der Waals surface area contributed by atoms with Crippen LogP contribution >= 0.6 is 22.9 Å². The minimum Gasteiger partial charge on any atom is -0.421 e. The van der Waals surface area contributed by atoms with Crippen molar-refractivity contribution >= 4 is 39.7 Å². The van der Waals surface area contributed by atoms with Crippen molar-refractivity contribution < 1.29 is 9.53 Å². The van der Waals surface area contributed by atoms with Crippen LogP contribution in [0.4, 0.5) is 0 Å².